The zero-order chi connectivity index (χ0) is 14.6. The van der Waals surface area contributed by atoms with Crippen molar-refractivity contribution in [2.45, 2.75) is 74.8 Å². The Kier molecular flexibility index (Phi) is 9.12. The molecule has 2 saturated carbocycles. The molecule has 0 heterocycles. The average molecular weight is 345 g/mol. The normalized spacial score (nSPS) is 34.2. The molecule has 0 saturated heterocycles. The van der Waals surface area contributed by atoms with E-state index in [0.717, 1.165) is 38.5 Å². The summed E-state index contributed by atoms with van der Waals surface area (Å²) in [6.07, 6.45) is 9.34. The van der Waals surface area contributed by atoms with E-state index in [2.05, 4.69) is 5.32 Å². The Labute approximate surface area is 154 Å². The van der Waals surface area contributed by atoms with E-state index in [1.54, 1.807) is 0 Å². The molecule has 8 heteroatoms. The summed E-state index contributed by atoms with van der Waals surface area (Å²) < 4.78 is 39.0. The fourth-order valence-electron chi connectivity index (χ4n) is 3.35. The van der Waals surface area contributed by atoms with Crippen LogP contribution in [0, 0.1) is 0 Å². The van der Waals surface area contributed by atoms with Gasteiger partial charge in [-0.05, 0) is 57.0 Å². The molecular weight excluding hydrogens is 321 g/mol. The zero-order valence-electron chi connectivity index (χ0n) is 12.9. The monoisotopic (exact) mass is 345 g/mol. The van der Waals surface area contributed by atoms with Crippen LogP contribution >= 0.6 is 12.0 Å². The Balaban J connectivity index is 0.00000220. The van der Waals surface area contributed by atoms with Crippen LogP contribution in [0.5, 0.6) is 0 Å². The van der Waals surface area contributed by atoms with Crippen molar-refractivity contribution in [2.24, 2.45) is 0 Å². The van der Waals surface area contributed by atoms with Crippen molar-refractivity contribution in [3.05, 3.63) is 0 Å². The van der Waals surface area contributed by atoms with E-state index in [9.17, 15) is 13.0 Å². The first-order valence-corrected chi connectivity index (χ1v) is 10.0. The van der Waals surface area contributed by atoms with E-state index in [4.69, 9.17) is 4.18 Å². The van der Waals surface area contributed by atoms with Crippen LogP contribution in [0.3, 0.4) is 0 Å². The van der Waals surface area contributed by atoms with Gasteiger partial charge in [0.1, 0.15) is 0 Å². The predicted octanol–water partition coefficient (Wildman–Crippen LogP) is -0.958. The molecule has 0 aromatic rings. The van der Waals surface area contributed by atoms with Gasteiger partial charge in [0, 0.05) is 18.3 Å². The summed E-state index contributed by atoms with van der Waals surface area (Å²) in [7, 11) is -4.13. The summed E-state index contributed by atoms with van der Waals surface area (Å²) >= 11 is 1.43. The first-order valence-electron chi connectivity index (χ1n) is 7.39. The third-order valence-corrected chi connectivity index (χ3v) is 6.12. The van der Waals surface area contributed by atoms with Gasteiger partial charge in [0.25, 0.3) is 0 Å². The molecule has 0 aromatic carbocycles. The van der Waals surface area contributed by atoms with Crippen molar-refractivity contribution in [2.75, 3.05) is 6.26 Å². The third-order valence-electron chi connectivity index (χ3n) is 4.41. The second kappa shape index (κ2) is 9.47. The van der Waals surface area contributed by atoms with Gasteiger partial charge in [0.15, 0.2) is 0 Å². The van der Waals surface area contributed by atoms with Crippen LogP contribution in [0.4, 0.5) is 0 Å². The largest absolute Gasteiger partial charge is 1.00 e. The van der Waals surface area contributed by atoms with Gasteiger partial charge in [-0.15, -0.1) is 0 Å². The Hall–Kier alpha value is 1.18. The molecule has 0 aliphatic heterocycles. The molecule has 21 heavy (non-hydrogen) atoms. The van der Waals surface area contributed by atoms with Gasteiger partial charge >= 0.3 is 29.6 Å². The summed E-state index contributed by atoms with van der Waals surface area (Å²) in [4.78, 5) is 0. The summed E-state index contributed by atoms with van der Waals surface area (Å²) in [6.45, 7) is 0. The van der Waals surface area contributed by atoms with Gasteiger partial charge in [-0.25, -0.2) is 8.42 Å². The van der Waals surface area contributed by atoms with Crippen LogP contribution in [0.25, 0.3) is 0 Å². The molecule has 2 unspecified atom stereocenters. The molecule has 2 aliphatic carbocycles. The molecule has 0 bridgehead atoms. The maximum atomic E-state index is 11.1. The first-order chi connectivity index (χ1) is 9.49. The van der Waals surface area contributed by atoms with Crippen LogP contribution in [-0.4, -0.2) is 42.7 Å². The van der Waals surface area contributed by atoms with E-state index in [1.165, 1.54) is 12.0 Å². The molecule has 5 nitrogen and oxygen atoms in total. The first kappa shape index (κ1) is 20.2. The average Bonchev–Trinajstić information content (AvgIpc) is 2.41. The molecule has 2 aliphatic rings. The minimum atomic E-state index is -4.13. The number of hydrogen-bond donors (Lipinski definition) is 1. The van der Waals surface area contributed by atoms with Gasteiger partial charge in [-0.1, -0.05) is 6.42 Å². The maximum absolute atomic E-state index is 11.1. The molecule has 0 spiro atoms. The predicted molar refractivity (Wildman–Crippen MR) is 79.5 cm³/mol. The van der Waals surface area contributed by atoms with Crippen molar-refractivity contribution in [1.82, 2.24) is 5.32 Å². The molecule has 0 amide bonds. The molecule has 2 atom stereocenters. The molecule has 2 rings (SSSR count). The van der Waals surface area contributed by atoms with Crippen LogP contribution < -0.4 is 34.9 Å². The fourth-order valence-corrected chi connectivity index (χ4v) is 4.74. The Morgan fingerprint density at radius 3 is 2.33 bits per heavy atom. The fraction of sp³-hybridized carbons (Fsp3) is 1.00. The van der Waals surface area contributed by atoms with Crippen molar-refractivity contribution >= 4 is 22.2 Å². The number of hydrogen-bond acceptors (Lipinski definition) is 6. The van der Waals surface area contributed by atoms with Gasteiger partial charge < -0.3 is 14.1 Å². The maximum Gasteiger partial charge on any atom is 1.00 e. The quantitative estimate of drug-likeness (QED) is 0.393. The van der Waals surface area contributed by atoms with Crippen molar-refractivity contribution in [3.8, 4) is 0 Å². The van der Waals surface area contributed by atoms with Crippen LogP contribution in [0.15, 0.2) is 0 Å². The topological polar surface area (TPSA) is 78.5 Å². The number of nitrogens with one attached hydrogen (secondary N) is 1. The summed E-state index contributed by atoms with van der Waals surface area (Å²) in [5.74, 6) is 0. The summed E-state index contributed by atoms with van der Waals surface area (Å²) in [6, 6.07) is 0.621. The molecule has 0 radical (unpaired) electrons. The molecule has 118 valence electrons. The standard InChI is InChI=1S/C13H25NO4S2.Na/c1-19-18-12-7-5-10(6-8-12)14-11-3-2-4-13(9-11)20(15,16)17;/h10-14H,2-9H2,1H3,(H,15,16,17);/q;+1/p-1. The van der Waals surface area contributed by atoms with E-state index >= 15 is 0 Å². The second-order valence-electron chi connectivity index (χ2n) is 5.88. The van der Waals surface area contributed by atoms with Gasteiger partial charge in [-0.3, -0.25) is 0 Å². The third kappa shape index (κ3) is 6.67. The second-order valence-corrected chi connectivity index (χ2v) is 8.06. The Morgan fingerprint density at radius 1 is 1.10 bits per heavy atom. The minimum Gasteiger partial charge on any atom is -0.748 e. The van der Waals surface area contributed by atoms with Gasteiger partial charge in [-0.2, -0.15) is 0 Å². The number of rotatable bonds is 5. The van der Waals surface area contributed by atoms with Crippen molar-refractivity contribution in [1.29, 1.82) is 0 Å². The summed E-state index contributed by atoms with van der Waals surface area (Å²) in [5, 5.41) is 2.87. The Bertz CT molecular complexity index is 399. The molecular formula is C13H24NNaO4S2. The van der Waals surface area contributed by atoms with Gasteiger partial charge in [0.2, 0.25) is 0 Å². The van der Waals surface area contributed by atoms with Crippen molar-refractivity contribution < 1.29 is 46.7 Å². The Morgan fingerprint density at radius 2 is 1.76 bits per heavy atom. The van der Waals surface area contributed by atoms with Crippen LogP contribution in [-0.2, 0) is 14.3 Å². The SMILES string of the molecule is CSOC1CCC(NC2CCCC(S(=O)(=O)[O-])C2)CC1.[Na+]. The zero-order valence-corrected chi connectivity index (χ0v) is 16.5. The van der Waals surface area contributed by atoms with E-state index in [0.29, 0.717) is 25.0 Å². The minimum absolute atomic E-state index is 0. The molecule has 0 aromatic heterocycles. The molecule has 2 fully saturated rings. The van der Waals surface area contributed by atoms with E-state index in [1.807, 2.05) is 6.26 Å². The van der Waals surface area contributed by atoms with E-state index < -0.39 is 15.4 Å². The smallest absolute Gasteiger partial charge is 0.748 e. The van der Waals surface area contributed by atoms with Crippen LogP contribution in [0.1, 0.15) is 51.4 Å². The summed E-state index contributed by atoms with van der Waals surface area (Å²) in [5.41, 5.74) is 0. The van der Waals surface area contributed by atoms with E-state index in [-0.39, 0.29) is 35.6 Å². The van der Waals surface area contributed by atoms with Crippen LogP contribution in [0.2, 0.25) is 0 Å². The van der Waals surface area contributed by atoms with Crippen molar-refractivity contribution in [3.63, 3.8) is 0 Å². The molecule has 1 N–H and O–H groups in total. The van der Waals surface area contributed by atoms with Gasteiger partial charge in [0.05, 0.1) is 21.5 Å².